The Labute approximate surface area is 113 Å². The summed E-state index contributed by atoms with van der Waals surface area (Å²) < 4.78 is 28.8. The van der Waals surface area contributed by atoms with E-state index in [-0.39, 0.29) is 12.5 Å². The zero-order chi connectivity index (χ0) is 14.3. The van der Waals surface area contributed by atoms with E-state index < -0.39 is 20.5 Å². The summed E-state index contributed by atoms with van der Waals surface area (Å²) in [6.45, 7) is 2.11. The molecule has 1 aromatic rings. The number of hydrogen-bond acceptors (Lipinski definition) is 4. The monoisotopic (exact) mass is 279 g/mol. The lowest BCUT2D eigenvalue weighted by Crippen LogP contribution is -2.17. The summed E-state index contributed by atoms with van der Waals surface area (Å²) in [5.74, 6) is -0.298. The van der Waals surface area contributed by atoms with Crippen LogP contribution in [-0.2, 0) is 14.6 Å². The fourth-order valence-corrected chi connectivity index (χ4v) is 4.70. The lowest BCUT2D eigenvalue weighted by Gasteiger charge is -2.07. The molecule has 0 heterocycles. The van der Waals surface area contributed by atoms with Gasteiger partial charge >= 0.3 is 0 Å². The molecule has 3 atom stereocenters. The average Bonchev–Trinajstić information content (AvgIpc) is 3.00. The second-order valence-corrected chi connectivity index (χ2v) is 7.39. The van der Waals surface area contributed by atoms with Crippen molar-refractivity contribution in [1.82, 2.24) is 0 Å². The van der Waals surface area contributed by atoms with Crippen LogP contribution in [0.4, 0.5) is 0 Å². The first-order chi connectivity index (χ1) is 8.86. The summed E-state index contributed by atoms with van der Waals surface area (Å²) in [6.07, 6.45) is 1.19. The van der Waals surface area contributed by atoms with Crippen molar-refractivity contribution in [3.8, 4) is 6.07 Å². The molecule has 102 valence electrons. The molecule has 0 spiro atoms. The van der Waals surface area contributed by atoms with Gasteiger partial charge in [-0.15, -0.1) is 0 Å². The van der Waals surface area contributed by atoms with E-state index in [0.29, 0.717) is 0 Å². The molecule has 2 rings (SSSR count). The Morgan fingerprint density at radius 2 is 1.95 bits per heavy atom. The summed E-state index contributed by atoms with van der Waals surface area (Å²) in [7, 11) is -1.79. The molecule has 0 radical (unpaired) electrons. The molecule has 4 nitrogen and oxygen atoms in total. The molecule has 1 aliphatic rings. The number of ether oxygens (including phenoxy) is 1. The van der Waals surface area contributed by atoms with Gasteiger partial charge in [0.05, 0.1) is 17.9 Å². The summed E-state index contributed by atoms with van der Waals surface area (Å²) in [5.41, 5.74) is 1.05. The molecule has 1 aliphatic carbocycles. The molecule has 0 aromatic heterocycles. The first-order valence-corrected chi connectivity index (χ1v) is 7.98. The number of aryl methyl sites for hydroxylation is 1. The van der Waals surface area contributed by atoms with Crippen LogP contribution in [0.15, 0.2) is 24.3 Å². The van der Waals surface area contributed by atoms with Gasteiger partial charge in [-0.2, -0.15) is 5.26 Å². The van der Waals surface area contributed by atoms with Gasteiger partial charge < -0.3 is 4.74 Å². The molecule has 5 heteroatoms. The average molecular weight is 279 g/mol. The largest absolute Gasteiger partial charge is 0.383 e. The van der Waals surface area contributed by atoms with E-state index in [2.05, 4.69) is 6.07 Å². The highest BCUT2D eigenvalue weighted by Crippen LogP contribution is 2.62. The van der Waals surface area contributed by atoms with Crippen LogP contribution in [0.3, 0.4) is 0 Å². The second kappa shape index (κ2) is 4.62. The molecule has 0 bridgehead atoms. The fourth-order valence-electron chi connectivity index (χ4n) is 2.86. The molecule has 19 heavy (non-hydrogen) atoms. The van der Waals surface area contributed by atoms with Crippen molar-refractivity contribution in [3.05, 3.63) is 35.4 Å². The van der Waals surface area contributed by atoms with Crippen LogP contribution in [0.1, 0.15) is 17.0 Å². The maximum Gasteiger partial charge on any atom is 0.152 e. The zero-order valence-electron chi connectivity index (χ0n) is 11.3. The van der Waals surface area contributed by atoms with Crippen LogP contribution >= 0.6 is 0 Å². The molecule has 0 aliphatic heterocycles. The van der Waals surface area contributed by atoms with E-state index in [1.807, 2.05) is 31.2 Å². The van der Waals surface area contributed by atoms with E-state index in [1.54, 1.807) is 0 Å². The Morgan fingerprint density at radius 1 is 1.37 bits per heavy atom. The maximum absolute atomic E-state index is 11.9. The highest BCUT2D eigenvalue weighted by Gasteiger charge is 2.71. The lowest BCUT2D eigenvalue weighted by molar-refractivity contribution is 0.162. The molecule has 1 fully saturated rings. The van der Waals surface area contributed by atoms with Gasteiger partial charge in [0.2, 0.25) is 0 Å². The van der Waals surface area contributed by atoms with Crippen LogP contribution in [0.5, 0.6) is 0 Å². The van der Waals surface area contributed by atoms with E-state index in [1.165, 1.54) is 13.4 Å². The minimum atomic E-state index is -3.28. The lowest BCUT2D eigenvalue weighted by atomic mass is 10.0. The van der Waals surface area contributed by atoms with Crippen molar-refractivity contribution in [2.24, 2.45) is 5.41 Å². The van der Waals surface area contributed by atoms with Crippen molar-refractivity contribution >= 4 is 9.84 Å². The fraction of sp³-hybridized carbons (Fsp3) is 0.500. The van der Waals surface area contributed by atoms with Gasteiger partial charge in [-0.1, -0.05) is 29.8 Å². The third-order valence-electron chi connectivity index (χ3n) is 3.75. The van der Waals surface area contributed by atoms with Crippen LogP contribution in [0, 0.1) is 23.7 Å². The Bertz CT molecular complexity index is 615. The normalized spacial score (nSPS) is 29.8. The molecular weight excluding hydrogens is 262 g/mol. The minimum absolute atomic E-state index is 0.139. The molecular formula is C14H17NO3S. The number of benzene rings is 1. The van der Waals surface area contributed by atoms with Crippen LogP contribution in [-0.4, -0.2) is 33.6 Å². The van der Waals surface area contributed by atoms with Gasteiger partial charge in [-0.25, -0.2) is 8.42 Å². The van der Waals surface area contributed by atoms with Crippen molar-refractivity contribution in [2.75, 3.05) is 20.0 Å². The van der Waals surface area contributed by atoms with Crippen molar-refractivity contribution in [3.63, 3.8) is 0 Å². The molecule has 0 unspecified atom stereocenters. The zero-order valence-corrected chi connectivity index (χ0v) is 12.1. The van der Waals surface area contributed by atoms with E-state index in [9.17, 15) is 13.7 Å². The summed E-state index contributed by atoms with van der Waals surface area (Å²) >= 11 is 0. The number of sulfone groups is 1. The number of hydrogen-bond donors (Lipinski definition) is 0. The first-order valence-electron chi connectivity index (χ1n) is 6.02. The number of nitrogens with zero attached hydrogens (tertiary/aromatic N) is 1. The van der Waals surface area contributed by atoms with Crippen LogP contribution in [0.2, 0.25) is 0 Å². The summed E-state index contributed by atoms with van der Waals surface area (Å²) in [6, 6.07) is 9.83. The van der Waals surface area contributed by atoms with Crippen LogP contribution in [0.25, 0.3) is 0 Å². The van der Waals surface area contributed by atoms with Crippen molar-refractivity contribution in [2.45, 2.75) is 18.1 Å². The predicted molar refractivity (Wildman–Crippen MR) is 72.5 cm³/mol. The van der Waals surface area contributed by atoms with Gasteiger partial charge in [0, 0.05) is 19.3 Å². The Kier molecular flexibility index (Phi) is 3.41. The summed E-state index contributed by atoms with van der Waals surface area (Å²) in [5, 5.41) is 8.74. The van der Waals surface area contributed by atoms with E-state index in [4.69, 9.17) is 4.74 Å². The van der Waals surface area contributed by atoms with Crippen LogP contribution < -0.4 is 0 Å². The maximum atomic E-state index is 11.9. The van der Waals surface area contributed by atoms with Crippen molar-refractivity contribution in [1.29, 1.82) is 5.26 Å². The van der Waals surface area contributed by atoms with Gasteiger partial charge in [0.1, 0.15) is 5.41 Å². The molecule has 0 N–H and O–H groups in total. The third-order valence-corrected chi connectivity index (χ3v) is 5.36. The topological polar surface area (TPSA) is 67.2 Å². The Hall–Kier alpha value is -1.38. The molecule has 1 saturated carbocycles. The number of methoxy groups -OCH3 is 1. The predicted octanol–water partition coefficient (Wildman–Crippen LogP) is 1.66. The highest BCUT2D eigenvalue weighted by molar-refractivity contribution is 7.91. The first kappa shape index (κ1) is 14.0. The minimum Gasteiger partial charge on any atom is -0.383 e. The van der Waals surface area contributed by atoms with Gasteiger partial charge in [-0.05, 0) is 12.5 Å². The molecule has 1 aromatic carbocycles. The Morgan fingerprint density at radius 3 is 2.37 bits per heavy atom. The Balaban J connectivity index is 2.44. The molecule has 0 amide bonds. The quantitative estimate of drug-likeness (QED) is 0.840. The number of nitriles is 1. The van der Waals surface area contributed by atoms with E-state index >= 15 is 0 Å². The third kappa shape index (κ3) is 2.26. The smallest absolute Gasteiger partial charge is 0.152 e. The van der Waals surface area contributed by atoms with Gasteiger partial charge in [-0.3, -0.25) is 0 Å². The van der Waals surface area contributed by atoms with Gasteiger partial charge in [0.25, 0.3) is 0 Å². The SMILES string of the molecule is COC[C@]1(C#N)[C@@H](c2ccc(C)cc2)[C@@H]1S(C)(=O)=O. The standard InChI is InChI=1S/C14H17NO3S/c1-10-4-6-11(7-5-10)12-13(19(3,16)17)14(12,8-15)9-18-2/h4-7,12-13H,9H2,1-3H3/t12-,13-,14+/m0/s1. The molecule has 0 saturated heterocycles. The van der Waals surface area contributed by atoms with Gasteiger partial charge in [0.15, 0.2) is 9.84 Å². The number of rotatable bonds is 4. The highest BCUT2D eigenvalue weighted by atomic mass is 32.2. The van der Waals surface area contributed by atoms with Crippen molar-refractivity contribution < 1.29 is 13.2 Å². The second-order valence-electron chi connectivity index (χ2n) is 5.22. The van der Waals surface area contributed by atoms with E-state index in [0.717, 1.165) is 11.1 Å². The summed E-state index contributed by atoms with van der Waals surface area (Å²) in [4.78, 5) is 0.